The van der Waals surface area contributed by atoms with Gasteiger partial charge in [-0.1, -0.05) is 36.4 Å². The van der Waals surface area contributed by atoms with Crippen LogP contribution in [0.5, 0.6) is 0 Å². The molecule has 0 radical (unpaired) electrons. The molecule has 0 bridgehead atoms. The number of nitrogens with one attached hydrogen (secondary N) is 1. The van der Waals surface area contributed by atoms with Crippen LogP contribution < -0.4 is 5.32 Å². The van der Waals surface area contributed by atoms with Crippen LogP contribution in [0.15, 0.2) is 54.6 Å². The quantitative estimate of drug-likeness (QED) is 0.657. The molecule has 4 rings (SSSR count). The Balaban J connectivity index is 1.38. The molecule has 3 aromatic rings. The molecule has 0 aliphatic carbocycles. The normalized spacial score (nSPS) is 16.9. The van der Waals surface area contributed by atoms with Crippen LogP contribution in [-0.2, 0) is 17.8 Å². The molecule has 0 unspecified atom stereocenters. The van der Waals surface area contributed by atoms with Gasteiger partial charge in [-0.05, 0) is 51.4 Å². The molecule has 2 aromatic carbocycles. The number of hydrogen-bond acceptors (Lipinski definition) is 3. The van der Waals surface area contributed by atoms with Crippen LogP contribution in [0.2, 0.25) is 0 Å². The highest BCUT2D eigenvalue weighted by Gasteiger charge is 2.23. The lowest BCUT2D eigenvalue weighted by Crippen LogP contribution is -2.47. The number of piperidine rings is 1. The second-order valence-electron chi connectivity index (χ2n) is 8.31. The van der Waals surface area contributed by atoms with Crippen LogP contribution in [0, 0.1) is 19.7 Å². The number of benzene rings is 2. The van der Waals surface area contributed by atoms with Gasteiger partial charge in [0.15, 0.2) is 0 Å². The molecular weight excluding hydrogens is 391 g/mol. The Morgan fingerprint density at radius 2 is 1.87 bits per heavy atom. The Labute approximate surface area is 182 Å². The fourth-order valence-corrected chi connectivity index (χ4v) is 4.38. The van der Waals surface area contributed by atoms with E-state index in [4.69, 9.17) is 0 Å². The van der Waals surface area contributed by atoms with Gasteiger partial charge in [0.05, 0.1) is 17.8 Å². The first-order chi connectivity index (χ1) is 15.0. The molecule has 1 atom stereocenters. The first-order valence-electron chi connectivity index (χ1n) is 10.9. The molecule has 1 N–H and O–H groups in total. The zero-order valence-corrected chi connectivity index (χ0v) is 18.1. The van der Waals surface area contributed by atoms with Gasteiger partial charge >= 0.3 is 0 Å². The smallest absolute Gasteiger partial charge is 0.224 e. The third-order valence-corrected chi connectivity index (χ3v) is 6.00. The monoisotopic (exact) mass is 420 g/mol. The highest BCUT2D eigenvalue weighted by Crippen LogP contribution is 2.19. The standard InChI is InChI=1S/C25H29FN4O/c1-18-23(19(2)30(28-18)22-11-4-3-5-12-22)15-25(31)27-21-10-8-14-29(17-21)16-20-9-6-7-13-24(20)26/h3-7,9,11-13,21H,8,10,14-17H2,1-2H3,(H,27,31)/t21-/m0/s1. The minimum Gasteiger partial charge on any atom is -0.352 e. The van der Waals surface area contributed by atoms with Gasteiger partial charge in [-0.2, -0.15) is 5.10 Å². The lowest BCUT2D eigenvalue weighted by molar-refractivity contribution is -0.121. The van der Waals surface area contributed by atoms with E-state index in [9.17, 15) is 9.18 Å². The zero-order valence-electron chi connectivity index (χ0n) is 18.1. The maximum absolute atomic E-state index is 14.0. The van der Waals surface area contributed by atoms with E-state index in [2.05, 4.69) is 15.3 Å². The fourth-order valence-electron chi connectivity index (χ4n) is 4.38. The summed E-state index contributed by atoms with van der Waals surface area (Å²) in [4.78, 5) is 15.0. The van der Waals surface area contributed by atoms with Crippen LogP contribution in [0.25, 0.3) is 5.69 Å². The molecule has 1 aliphatic heterocycles. The molecule has 2 heterocycles. The molecule has 6 heteroatoms. The number of likely N-dealkylation sites (tertiary alicyclic amines) is 1. The Hall–Kier alpha value is -2.99. The third-order valence-electron chi connectivity index (χ3n) is 6.00. The highest BCUT2D eigenvalue weighted by atomic mass is 19.1. The van der Waals surface area contributed by atoms with E-state index in [1.807, 2.05) is 61.0 Å². The van der Waals surface area contributed by atoms with E-state index in [1.54, 1.807) is 6.07 Å². The highest BCUT2D eigenvalue weighted by molar-refractivity contribution is 5.79. The van der Waals surface area contributed by atoms with Gasteiger partial charge in [-0.15, -0.1) is 0 Å². The number of rotatable bonds is 6. The van der Waals surface area contributed by atoms with Crippen molar-refractivity contribution < 1.29 is 9.18 Å². The maximum Gasteiger partial charge on any atom is 0.224 e. The minimum absolute atomic E-state index is 0.0107. The molecule has 1 amide bonds. The summed E-state index contributed by atoms with van der Waals surface area (Å²) in [5.41, 5.74) is 4.53. The summed E-state index contributed by atoms with van der Waals surface area (Å²) >= 11 is 0. The number of amides is 1. The predicted molar refractivity (Wildman–Crippen MR) is 120 cm³/mol. The van der Waals surface area contributed by atoms with Crippen molar-refractivity contribution in [1.29, 1.82) is 0 Å². The number of nitrogens with zero attached hydrogens (tertiary/aromatic N) is 3. The van der Waals surface area contributed by atoms with Gasteiger partial charge < -0.3 is 5.32 Å². The molecule has 0 saturated carbocycles. The van der Waals surface area contributed by atoms with E-state index in [0.29, 0.717) is 18.5 Å². The van der Waals surface area contributed by atoms with Gasteiger partial charge in [0.25, 0.3) is 0 Å². The van der Waals surface area contributed by atoms with Crippen molar-refractivity contribution in [2.75, 3.05) is 13.1 Å². The summed E-state index contributed by atoms with van der Waals surface area (Å²) in [5, 5.41) is 7.83. The number of para-hydroxylation sites is 1. The molecule has 0 spiro atoms. The Bertz CT molecular complexity index is 1050. The Morgan fingerprint density at radius 3 is 2.65 bits per heavy atom. The lowest BCUT2D eigenvalue weighted by Gasteiger charge is -2.33. The van der Waals surface area contributed by atoms with Crippen molar-refractivity contribution >= 4 is 5.91 Å². The van der Waals surface area contributed by atoms with E-state index in [1.165, 1.54) is 6.07 Å². The maximum atomic E-state index is 14.0. The van der Waals surface area contributed by atoms with Crippen LogP contribution >= 0.6 is 0 Å². The first kappa shape index (κ1) is 21.2. The summed E-state index contributed by atoms with van der Waals surface area (Å²) in [5.74, 6) is -0.161. The number of carbonyl (C=O) groups excluding carboxylic acids is 1. The summed E-state index contributed by atoms with van der Waals surface area (Å²) in [6.45, 7) is 6.18. The number of hydrogen-bond donors (Lipinski definition) is 1. The summed E-state index contributed by atoms with van der Waals surface area (Å²) in [6.07, 6.45) is 2.25. The SMILES string of the molecule is Cc1nn(-c2ccccc2)c(C)c1CC(=O)N[C@H]1CCCN(Cc2ccccc2F)C1. The summed E-state index contributed by atoms with van der Waals surface area (Å²) in [7, 11) is 0. The molecule has 5 nitrogen and oxygen atoms in total. The topological polar surface area (TPSA) is 50.2 Å². The number of aryl methyl sites for hydroxylation is 1. The third kappa shape index (κ3) is 5.02. The molecule has 1 aromatic heterocycles. The van der Waals surface area contributed by atoms with Crippen LogP contribution in [0.4, 0.5) is 4.39 Å². The predicted octanol–water partition coefficient (Wildman–Crippen LogP) is 3.95. The van der Waals surface area contributed by atoms with Crippen LogP contribution in [0.1, 0.15) is 35.4 Å². The Kier molecular flexibility index (Phi) is 6.47. The molecular formula is C25H29FN4O. The molecule has 1 aliphatic rings. The van der Waals surface area contributed by atoms with Crippen LogP contribution in [-0.4, -0.2) is 39.7 Å². The zero-order chi connectivity index (χ0) is 21.8. The number of carbonyl (C=O) groups is 1. The second kappa shape index (κ2) is 9.43. The Morgan fingerprint density at radius 1 is 1.13 bits per heavy atom. The summed E-state index contributed by atoms with van der Waals surface area (Å²) in [6, 6.07) is 16.9. The molecule has 1 fully saturated rings. The van der Waals surface area contributed by atoms with Crippen LogP contribution in [0.3, 0.4) is 0 Å². The molecule has 162 valence electrons. The number of aromatic nitrogens is 2. The largest absolute Gasteiger partial charge is 0.352 e. The van der Waals surface area contributed by atoms with Gasteiger partial charge in [0.1, 0.15) is 5.82 Å². The van der Waals surface area contributed by atoms with Crippen molar-refractivity contribution in [2.45, 2.75) is 45.7 Å². The van der Waals surface area contributed by atoms with Crippen molar-refractivity contribution in [3.63, 3.8) is 0 Å². The lowest BCUT2D eigenvalue weighted by atomic mass is 10.0. The van der Waals surface area contributed by atoms with E-state index >= 15 is 0 Å². The molecule has 1 saturated heterocycles. The van der Waals surface area contributed by atoms with Gasteiger partial charge in [0, 0.05) is 36.0 Å². The summed E-state index contributed by atoms with van der Waals surface area (Å²) < 4.78 is 15.9. The van der Waals surface area contributed by atoms with Gasteiger partial charge in [-0.25, -0.2) is 9.07 Å². The van der Waals surface area contributed by atoms with E-state index < -0.39 is 0 Å². The van der Waals surface area contributed by atoms with Crippen molar-refractivity contribution in [3.05, 3.63) is 82.9 Å². The van der Waals surface area contributed by atoms with Crippen molar-refractivity contribution in [3.8, 4) is 5.69 Å². The fraction of sp³-hybridized carbons (Fsp3) is 0.360. The van der Waals surface area contributed by atoms with Crippen molar-refractivity contribution in [1.82, 2.24) is 20.0 Å². The second-order valence-corrected chi connectivity index (χ2v) is 8.31. The average molecular weight is 421 g/mol. The first-order valence-corrected chi connectivity index (χ1v) is 10.9. The van der Waals surface area contributed by atoms with Gasteiger partial charge in [0.2, 0.25) is 5.91 Å². The minimum atomic E-state index is -0.171. The number of halogens is 1. The van der Waals surface area contributed by atoms with Gasteiger partial charge in [-0.3, -0.25) is 9.69 Å². The average Bonchev–Trinajstić information content (AvgIpc) is 3.04. The molecule has 31 heavy (non-hydrogen) atoms. The van der Waals surface area contributed by atoms with E-state index in [0.717, 1.165) is 48.6 Å². The van der Waals surface area contributed by atoms with E-state index in [-0.39, 0.29) is 17.8 Å². The van der Waals surface area contributed by atoms with Crippen molar-refractivity contribution in [2.24, 2.45) is 0 Å².